The minimum absolute atomic E-state index is 0.332. The number of fused-ring (bicyclic) bond motifs is 1. The van der Waals surface area contributed by atoms with Crippen LogP contribution in [0.1, 0.15) is 31.8 Å². The van der Waals surface area contributed by atoms with Gasteiger partial charge >= 0.3 is 5.97 Å². The molecule has 1 N–H and O–H groups in total. The SMILES string of the molecule is COc1ccc(C(=O)N/N=C/c2c(OC(=O)c3ccc(C)cc3)ccc3ccccc23)cc1OC. The van der Waals surface area contributed by atoms with Gasteiger partial charge in [-0.3, -0.25) is 4.79 Å². The van der Waals surface area contributed by atoms with E-state index in [1.165, 1.54) is 20.4 Å². The normalized spacial score (nSPS) is 10.8. The summed E-state index contributed by atoms with van der Waals surface area (Å²) in [6, 6.07) is 23.2. The maximum atomic E-state index is 12.7. The molecule has 0 aliphatic rings. The van der Waals surface area contributed by atoms with E-state index >= 15 is 0 Å². The quantitative estimate of drug-likeness (QED) is 0.175. The van der Waals surface area contributed by atoms with Crippen molar-refractivity contribution in [3.05, 3.63) is 101 Å². The van der Waals surface area contributed by atoms with Crippen molar-refractivity contribution >= 4 is 28.9 Å². The second kappa shape index (κ2) is 10.5. The predicted octanol–water partition coefficient (Wildman–Crippen LogP) is 5.15. The number of nitrogens with zero attached hydrogens (tertiary/aromatic N) is 1. The number of hydrazone groups is 1. The topological polar surface area (TPSA) is 86.2 Å². The van der Waals surface area contributed by atoms with Gasteiger partial charge in [0.1, 0.15) is 5.75 Å². The van der Waals surface area contributed by atoms with Crippen LogP contribution in [0.15, 0.2) is 84.0 Å². The van der Waals surface area contributed by atoms with Gasteiger partial charge < -0.3 is 14.2 Å². The first-order valence-corrected chi connectivity index (χ1v) is 10.9. The van der Waals surface area contributed by atoms with Crippen LogP contribution in [0, 0.1) is 6.92 Å². The van der Waals surface area contributed by atoms with Gasteiger partial charge in [0.2, 0.25) is 0 Å². The lowest BCUT2D eigenvalue weighted by Crippen LogP contribution is -2.18. The van der Waals surface area contributed by atoms with Gasteiger partial charge in [-0.1, -0.05) is 48.0 Å². The number of aryl methyl sites for hydroxylation is 1. The van der Waals surface area contributed by atoms with E-state index in [1.807, 2.05) is 49.4 Å². The highest BCUT2D eigenvalue weighted by molar-refractivity contribution is 6.04. The molecule has 7 nitrogen and oxygen atoms in total. The molecule has 4 rings (SSSR count). The fourth-order valence-corrected chi connectivity index (χ4v) is 3.54. The number of methoxy groups -OCH3 is 2. The summed E-state index contributed by atoms with van der Waals surface area (Å²) < 4.78 is 16.2. The van der Waals surface area contributed by atoms with Gasteiger partial charge in [-0.2, -0.15) is 5.10 Å². The number of benzene rings is 4. The standard InChI is InChI=1S/C28H24N2O5/c1-18-8-10-20(11-9-18)28(32)35-24-14-12-19-6-4-5-7-22(19)23(24)17-29-30-27(31)21-13-15-25(33-2)26(16-21)34-3/h4-17H,1-3H3,(H,30,31)/b29-17+. The molecular formula is C28H24N2O5. The zero-order valence-corrected chi connectivity index (χ0v) is 19.6. The van der Waals surface area contributed by atoms with Crippen LogP contribution in [0.4, 0.5) is 0 Å². The number of hydrogen-bond acceptors (Lipinski definition) is 6. The Balaban J connectivity index is 1.60. The van der Waals surface area contributed by atoms with Gasteiger partial charge in [0.15, 0.2) is 11.5 Å². The summed E-state index contributed by atoms with van der Waals surface area (Å²) in [6.45, 7) is 1.95. The summed E-state index contributed by atoms with van der Waals surface area (Å²) in [7, 11) is 3.02. The van der Waals surface area contributed by atoms with Crippen molar-refractivity contribution < 1.29 is 23.8 Å². The first-order valence-electron chi connectivity index (χ1n) is 10.9. The monoisotopic (exact) mass is 468 g/mol. The van der Waals surface area contributed by atoms with E-state index in [4.69, 9.17) is 14.2 Å². The van der Waals surface area contributed by atoms with Crippen LogP contribution in [-0.2, 0) is 0 Å². The number of nitrogens with one attached hydrogen (secondary N) is 1. The molecule has 0 atom stereocenters. The first kappa shape index (κ1) is 23.5. The summed E-state index contributed by atoms with van der Waals surface area (Å²) in [6.07, 6.45) is 1.47. The van der Waals surface area contributed by atoms with Crippen molar-refractivity contribution in [3.8, 4) is 17.2 Å². The van der Waals surface area contributed by atoms with E-state index in [0.29, 0.717) is 33.9 Å². The zero-order valence-electron chi connectivity index (χ0n) is 19.6. The minimum Gasteiger partial charge on any atom is -0.493 e. The van der Waals surface area contributed by atoms with Gasteiger partial charge in [0.05, 0.1) is 26.0 Å². The fraction of sp³-hybridized carbons (Fsp3) is 0.107. The molecule has 0 radical (unpaired) electrons. The number of ether oxygens (including phenoxy) is 3. The molecule has 176 valence electrons. The van der Waals surface area contributed by atoms with Crippen molar-refractivity contribution in [3.63, 3.8) is 0 Å². The second-order valence-electron chi connectivity index (χ2n) is 7.72. The molecule has 1 amide bonds. The average molecular weight is 469 g/mol. The highest BCUT2D eigenvalue weighted by Crippen LogP contribution is 2.28. The summed E-state index contributed by atoms with van der Waals surface area (Å²) >= 11 is 0. The first-order chi connectivity index (χ1) is 17.0. The molecule has 0 aliphatic heterocycles. The van der Waals surface area contributed by atoms with Crippen molar-refractivity contribution in [1.82, 2.24) is 5.43 Å². The molecule has 0 bridgehead atoms. The van der Waals surface area contributed by atoms with Gasteiger partial charge in [-0.25, -0.2) is 10.2 Å². The molecule has 0 heterocycles. The van der Waals surface area contributed by atoms with Crippen LogP contribution in [-0.4, -0.2) is 32.3 Å². The summed E-state index contributed by atoms with van der Waals surface area (Å²) in [5.41, 5.74) is 4.91. The molecule has 35 heavy (non-hydrogen) atoms. The van der Waals surface area contributed by atoms with E-state index in [2.05, 4.69) is 10.5 Å². The summed E-state index contributed by atoms with van der Waals surface area (Å²) in [5.74, 6) is 0.371. The Morgan fingerprint density at radius 2 is 1.49 bits per heavy atom. The van der Waals surface area contributed by atoms with Crippen LogP contribution >= 0.6 is 0 Å². The van der Waals surface area contributed by atoms with Gasteiger partial charge in [-0.15, -0.1) is 0 Å². The number of carbonyl (C=O) groups excluding carboxylic acids is 2. The van der Waals surface area contributed by atoms with E-state index in [-0.39, 0.29) is 0 Å². The van der Waals surface area contributed by atoms with Gasteiger partial charge in [0, 0.05) is 11.1 Å². The lowest BCUT2D eigenvalue weighted by Gasteiger charge is -2.11. The van der Waals surface area contributed by atoms with Crippen molar-refractivity contribution in [2.45, 2.75) is 6.92 Å². The van der Waals surface area contributed by atoms with Crippen LogP contribution in [0.5, 0.6) is 17.2 Å². The maximum Gasteiger partial charge on any atom is 0.343 e. The molecule has 0 fully saturated rings. The Kier molecular flexibility index (Phi) is 7.07. The zero-order chi connectivity index (χ0) is 24.8. The number of esters is 1. The highest BCUT2D eigenvalue weighted by atomic mass is 16.5. The van der Waals surface area contributed by atoms with E-state index in [9.17, 15) is 9.59 Å². The third-order valence-corrected chi connectivity index (χ3v) is 5.43. The Hall–Kier alpha value is -4.65. The molecular weight excluding hydrogens is 444 g/mol. The molecule has 7 heteroatoms. The van der Waals surface area contributed by atoms with E-state index in [1.54, 1.807) is 36.4 Å². The molecule has 0 aliphatic carbocycles. The average Bonchev–Trinajstić information content (AvgIpc) is 2.89. The Bertz CT molecular complexity index is 1410. The van der Waals surface area contributed by atoms with E-state index in [0.717, 1.165) is 16.3 Å². The number of carbonyl (C=O) groups is 2. The third kappa shape index (κ3) is 5.30. The Morgan fingerprint density at radius 1 is 0.800 bits per heavy atom. The fourth-order valence-electron chi connectivity index (χ4n) is 3.54. The Labute approximate surface area is 202 Å². The largest absolute Gasteiger partial charge is 0.493 e. The van der Waals surface area contributed by atoms with E-state index < -0.39 is 11.9 Å². The molecule has 0 aromatic heterocycles. The number of hydrogen-bond donors (Lipinski definition) is 1. The predicted molar refractivity (Wildman–Crippen MR) is 135 cm³/mol. The second-order valence-corrected chi connectivity index (χ2v) is 7.72. The molecule has 0 unspecified atom stereocenters. The van der Waals surface area contributed by atoms with Crippen molar-refractivity contribution in [1.29, 1.82) is 0 Å². The van der Waals surface area contributed by atoms with Crippen LogP contribution in [0.2, 0.25) is 0 Å². The van der Waals surface area contributed by atoms with Gasteiger partial charge in [0.25, 0.3) is 5.91 Å². The third-order valence-electron chi connectivity index (χ3n) is 5.43. The highest BCUT2D eigenvalue weighted by Gasteiger charge is 2.14. The number of rotatable bonds is 7. The van der Waals surface area contributed by atoms with Crippen molar-refractivity contribution in [2.24, 2.45) is 5.10 Å². The van der Waals surface area contributed by atoms with Crippen LogP contribution in [0.3, 0.4) is 0 Å². The molecule has 0 saturated heterocycles. The van der Waals surface area contributed by atoms with Crippen LogP contribution < -0.4 is 19.6 Å². The lowest BCUT2D eigenvalue weighted by atomic mass is 10.0. The molecule has 0 spiro atoms. The molecule has 4 aromatic rings. The minimum atomic E-state index is -0.482. The summed E-state index contributed by atoms with van der Waals surface area (Å²) in [4.78, 5) is 25.4. The number of amides is 1. The van der Waals surface area contributed by atoms with Crippen LogP contribution in [0.25, 0.3) is 10.8 Å². The van der Waals surface area contributed by atoms with Crippen molar-refractivity contribution in [2.75, 3.05) is 14.2 Å². The maximum absolute atomic E-state index is 12.7. The smallest absolute Gasteiger partial charge is 0.343 e. The van der Waals surface area contributed by atoms with Gasteiger partial charge in [-0.05, 0) is 54.1 Å². The molecule has 0 saturated carbocycles. The summed E-state index contributed by atoms with van der Waals surface area (Å²) in [5, 5.41) is 5.90. The lowest BCUT2D eigenvalue weighted by molar-refractivity contribution is 0.0734. The Morgan fingerprint density at radius 3 is 2.23 bits per heavy atom. The molecule has 4 aromatic carbocycles.